The first kappa shape index (κ1) is 15.3. The Morgan fingerprint density at radius 1 is 1.45 bits per heavy atom. The molecule has 0 spiro atoms. The van der Waals surface area contributed by atoms with Gasteiger partial charge in [0.15, 0.2) is 0 Å². The minimum Gasteiger partial charge on any atom is -0.352 e. The first-order valence-corrected chi connectivity index (χ1v) is 8.98. The third-order valence-corrected chi connectivity index (χ3v) is 4.90. The van der Waals surface area contributed by atoms with E-state index in [9.17, 15) is 13.2 Å². The van der Waals surface area contributed by atoms with Crippen LogP contribution >= 0.6 is 10.7 Å². The molecule has 0 aromatic carbocycles. The quantitative estimate of drug-likeness (QED) is 0.858. The fourth-order valence-corrected chi connectivity index (χ4v) is 2.99. The van der Waals surface area contributed by atoms with Crippen LogP contribution in [-0.4, -0.2) is 30.1 Å². The van der Waals surface area contributed by atoms with Gasteiger partial charge in [0.25, 0.3) is 9.05 Å². The lowest BCUT2D eigenvalue weighted by atomic mass is 9.95. The molecule has 1 aromatic rings. The van der Waals surface area contributed by atoms with E-state index in [1.807, 2.05) is 0 Å². The van der Waals surface area contributed by atoms with Crippen molar-refractivity contribution in [2.75, 3.05) is 0 Å². The Balaban J connectivity index is 2.01. The molecule has 112 valence electrons. The molecular weight excluding hydrogens is 302 g/mol. The van der Waals surface area contributed by atoms with E-state index in [0.29, 0.717) is 0 Å². The summed E-state index contributed by atoms with van der Waals surface area (Å²) in [6, 6.07) is -0.352. The number of hydrogen-bond donors (Lipinski definition) is 1. The average Bonchev–Trinajstić information content (AvgIpc) is 2.88. The van der Waals surface area contributed by atoms with Crippen LogP contribution in [0, 0.1) is 0 Å². The first-order valence-electron chi connectivity index (χ1n) is 6.67. The molecule has 1 amide bonds. The van der Waals surface area contributed by atoms with Crippen LogP contribution in [0.5, 0.6) is 0 Å². The number of rotatable bonds is 4. The lowest BCUT2D eigenvalue weighted by molar-refractivity contribution is -0.125. The van der Waals surface area contributed by atoms with Crippen molar-refractivity contribution in [3.8, 4) is 0 Å². The second-order valence-corrected chi connectivity index (χ2v) is 7.68. The van der Waals surface area contributed by atoms with Gasteiger partial charge in [0.1, 0.15) is 10.9 Å². The van der Waals surface area contributed by atoms with Crippen molar-refractivity contribution in [1.29, 1.82) is 0 Å². The molecule has 2 rings (SSSR count). The smallest absolute Gasteiger partial charge is 0.264 e. The van der Waals surface area contributed by atoms with Crippen molar-refractivity contribution in [3.63, 3.8) is 0 Å². The van der Waals surface area contributed by atoms with Crippen LogP contribution in [-0.2, 0) is 13.8 Å². The van der Waals surface area contributed by atoms with Crippen LogP contribution in [0.15, 0.2) is 17.3 Å². The molecule has 1 aromatic heterocycles. The summed E-state index contributed by atoms with van der Waals surface area (Å²) in [5, 5.41) is 6.87. The molecule has 6 nitrogen and oxygen atoms in total. The average molecular weight is 320 g/mol. The lowest BCUT2D eigenvalue weighted by Crippen LogP contribution is -2.40. The fourth-order valence-electron chi connectivity index (χ4n) is 2.35. The summed E-state index contributed by atoms with van der Waals surface area (Å²) in [5.74, 6) is -0.154. The molecule has 20 heavy (non-hydrogen) atoms. The van der Waals surface area contributed by atoms with Gasteiger partial charge in [-0.25, -0.2) is 8.42 Å². The van der Waals surface area contributed by atoms with E-state index in [-0.39, 0.29) is 16.8 Å². The maximum Gasteiger partial charge on any atom is 0.264 e. The second-order valence-electron chi connectivity index (χ2n) is 5.11. The minimum absolute atomic E-state index is 0.100. The Morgan fingerprint density at radius 2 is 2.10 bits per heavy atom. The minimum atomic E-state index is -3.81. The number of halogens is 1. The van der Waals surface area contributed by atoms with Crippen LogP contribution in [0.2, 0.25) is 0 Å². The summed E-state index contributed by atoms with van der Waals surface area (Å²) in [6.45, 7) is 1.68. The van der Waals surface area contributed by atoms with E-state index in [0.717, 1.165) is 31.9 Å². The van der Waals surface area contributed by atoms with Crippen LogP contribution in [0.25, 0.3) is 0 Å². The van der Waals surface area contributed by atoms with Crippen molar-refractivity contribution < 1.29 is 13.2 Å². The monoisotopic (exact) mass is 319 g/mol. The molecule has 1 fully saturated rings. The number of nitrogens with one attached hydrogen (secondary N) is 1. The Hall–Kier alpha value is -1.08. The highest BCUT2D eigenvalue weighted by Crippen LogP contribution is 2.19. The van der Waals surface area contributed by atoms with Gasteiger partial charge < -0.3 is 5.32 Å². The maximum absolute atomic E-state index is 12.1. The van der Waals surface area contributed by atoms with Gasteiger partial charge in [0.05, 0.1) is 6.20 Å². The standard InChI is InChI=1S/C12H18ClN3O3S/c1-9(12(17)15-10-5-3-2-4-6-10)16-8-11(7-14-16)20(13,18)19/h7-10H,2-6H2,1H3,(H,15,17). The van der Waals surface area contributed by atoms with Gasteiger partial charge in [0, 0.05) is 22.9 Å². The summed E-state index contributed by atoms with van der Waals surface area (Å²) in [6.07, 6.45) is 7.90. The van der Waals surface area contributed by atoms with Crippen LogP contribution in [0.4, 0.5) is 0 Å². The molecule has 0 radical (unpaired) electrons. The SMILES string of the molecule is CC(C(=O)NC1CCCCC1)n1cc(S(=O)(=O)Cl)cn1. The Bertz CT molecular complexity index is 579. The zero-order chi connectivity index (χ0) is 14.8. The molecule has 1 saturated carbocycles. The van der Waals surface area contributed by atoms with Crippen LogP contribution < -0.4 is 5.32 Å². The number of carbonyl (C=O) groups excluding carboxylic acids is 1. The van der Waals surface area contributed by atoms with Crippen molar-refractivity contribution in [2.24, 2.45) is 0 Å². The normalized spacial score (nSPS) is 18.7. The maximum atomic E-state index is 12.1. The van der Waals surface area contributed by atoms with Gasteiger partial charge in [0.2, 0.25) is 5.91 Å². The van der Waals surface area contributed by atoms with Gasteiger partial charge in [-0.15, -0.1) is 0 Å². The zero-order valence-corrected chi connectivity index (χ0v) is 12.8. The third-order valence-electron chi connectivity index (χ3n) is 3.59. The van der Waals surface area contributed by atoms with Gasteiger partial charge in [-0.3, -0.25) is 9.48 Å². The summed E-state index contributed by atoms with van der Waals surface area (Å²) in [4.78, 5) is 12.0. The summed E-state index contributed by atoms with van der Waals surface area (Å²) < 4.78 is 23.6. The van der Waals surface area contributed by atoms with E-state index in [1.54, 1.807) is 6.92 Å². The largest absolute Gasteiger partial charge is 0.352 e. The Kier molecular flexibility index (Phi) is 4.70. The molecule has 0 aliphatic heterocycles. The highest BCUT2D eigenvalue weighted by molar-refractivity contribution is 8.13. The summed E-state index contributed by atoms with van der Waals surface area (Å²) in [5.41, 5.74) is 0. The summed E-state index contributed by atoms with van der Waals surface area (Å²) >= 11 is 0. The van der Waals surface area contributed by atoms with E-state index < -0.39 is 15.1 Å². The van der Waals surface area contributed by atoms with Crippen molar-refractivity contribution in [3.05, 3.63) is 12.4 Å². The lowest BCUT2D eigenvalue weighted by Gasteiger charge is -2.24. The molecule has 1 N–H and O–H groups in total. The second kappa shape index (κ2) is 6.13. The van der Waals surface area contributed by atoms with Crippen LogP contribution in [0.1, 0.15) is 45.1 Å². The van der Waals surface area contributed by atoms with Gasteiger partial charge in [-0.05, 0) is 19.8 Å². The fraction of sp³-hybridized carbons (Fsp3) is 0.667. The highest BCUT2D eigenvalue weighted by atomic mass is 35.7. The van der Waals surface area contributed by atoms with E-state index in [1.165, 1.54) is 17.3 Å². The first-order chi connectivity index (χ1) is 9.38. The molecule has 1 atom stereocenters. The molecule has 1 aliphatic rings. The predicted molar refractivity (Wildman–Crippen MR) is 75.0 cm³/mol. The number of hydrogen-bond acceptors (Lipinski definition) is 4. The van der Waals surface area contributed by atoms with E-state index in [2.05, 4.69) is 10.4 Å². The number of nitrogens with zero attached hydrogens (tertiary/aromatic N) is 2. The highest BCUT2D eigenvalue weighted by Gasteiger charge is 2.22. The number of amides is 1. The molecule has 0 saturated heterocycles. The molecule has 8 heteroatoms. The zero-order valence-electron chi connectivity index (χ0n) is 11.3. The predicted octanol–water partition coefficient (Wildman–Crippen LogP) is 1.82. The van der Waals surface area contributed by atoms with Gasteiger partial charge in [-0.2, -0.15) is 5.10 Å². The molecular formula is C12H18ClN3O3S. The number of carbonyl (C=O) groups is 1. The van der Waals surface area contributed by atoms with E-state index in [4.69, 9.17) is 10.7 Å². The van der Waals surface area contributed by atoms with Crippen LogP contribution in [0.3, 0.4) is 0 Å². The molecule has 1 unspecified atom stereocenters. The van der Waals surface area contributed by atoms with Crippen molar-refractivity contribution in [2.45, 2.75) is 56.0 Å². The van der Waals surface area contributed by atoms with Gasteiger partial charge >= 0.3 is 0 Å². The van der Waals surface area contributed by atoms with Gasteiger partial charge in [-0.1, -0.05) is 19.3 Å². The Labute approximate surface area is 122 Å². The summed E-state index contributed by atoms with van der Waals surface area (Å²) in [7, 11) is 1.42. The Morgan fingerprint density at radius 3 is 2.65 bits per heavy atom. The molecule has 1 aliphatic carbocycles. The van der Waals surface area contributed by atoms with E-state index >= 15 is 0 Å². The van der Waals surface area contributed by atoms with Crippen molar-refractivity contribution in [1.82, 2.24) is 15.1 Å². The van der Waals surface area contributed by atoms with Crippen molar-refractivity contribution >= 4 is 25.6 Å². The number of aromatic nitrogens is 2. The molecule has 0 bridgehead atoms. The third kappa shape index (κ3) is 3.73. The topological polar surface area (TPSA) is 81.1 Å². The molecule has 1 heterocycles.